The Labute approximate surface area is 122 Å². The van der Waals surface area contributed by atoms with Gasteiger partial charge in [-0.1, -0.05) is 13.3 Å². The Balaban J connectivity index is 2.01. The van der Waals surface area contributed by atoms with Crippen LogP contribution in [0, 0.1) is 5.41 Å². The Morgan fingerprint density at radius 3 is 3.05 bits per heavy atom. The van der Waals surface area contributed by atoms with Crippen molar-refractivity contribution in [3.8, 4) is 11.6 Å². The van der Waals surface area contributed by atoms with Gasteiger partial charge in [0.05, 0.1) is 11.0 Å². The number of aromatic amines is 1. The van der Waals surface area contributed by atoms with Crippen LogP contribution < -0.4 is 5.73 Å². The number of fused-ring (bicyclic) bond motifs is 1. The summed E-state index contributed by atoms with van der Waals surface area (Å²) in [5.41, 5.74) is 7.92. The van der Waals surface area contributed by atoms with E-state index in [1.54, 1.807) is 12.3 Å². The number of nitrogens with two attached hydrogens (primary N) is 1. The minimum atomic E-state index is 0.0532. The molecule has 4 N–H and O–H groups in total. The van der Waals surface area contributed by atoms with Crippen LogP contribution in [0.3, 0.4) is 0 Å². The zero-order valence-electron chi connectivity index (χ0n) is 11.9. The van der Waals surface area contributed by atoms with Crippen molar-refractivity contribution in [2.45, 2.75) is 26.3 Å². The van der Waals surface area contributed by atoms with Crippen LogP contribution >= 0.6 is 0 Å². The second-order valence-electron chi connectivity index (χ2n) is 5.03. The maximum atomic E-state index is 7.49. The second kappa shape index (κ2) is 5.40. The van der Waals surface area contributed by atoms with E-state index in [4.69, 9.17) is 11.1 Å². The van der Waals surface area contributed by atoms with Gasteiger partial charge in [-0.25, -0.2) is 9.97 Å². The van der Waals surface area contributed by atoms with Crippen LogP contribution in [0.15, 0.2) is 30.6 Å². The summed E-state index contributed by atoms with van der Waals surface area (Å²) in [6.45, 7) is 3.10. The highest BCUT2D eigenvalue weighted by Gasteiger charge is 2.11. The zero-order chi connectivity index (χ0) is 14.8. The standard InChI is InChI=1S/C15H18N6/c1-2-3-7-21-8-6-18-15(21)14-19-11-5-4-10(13(16)17)9-12(11)20-14/h4-6,8-9H,2-3,7H2,1H3,(H3,16,17)(H,19,20). The number of imidazole rings is 2. The van der Waals surface area contributed by atoms with Crippen LogP contribution in [-0.4, -0.2) is 25.4 Å². The number of unbranched alkanes of at least 4 members (excludes halogenated alkanes) is 1. The van der Waals surface area contributed by atoms with Crippen molar-refractivity contribution in [2.75, 3.05) is 0 Å². The number of amidine groups is 1. The summed E-state index contributed by atoms with van der Waals surface area (Å²) < 4.78 is 2.10. The summed E-state index contributed by atoms with van der Waals surface area (Å²) in [4.78, 5) is 12.2. The molecule has 21 heavy (non-hydrogen) atoms. The van der Waals surface area contributed by atoms with Crippen LogP contribution in [0.4, 0.5) is 0 Å². The van der Waals surface area contributed by atoms with Gasteiger partial charge in [-0.05, 0) is 24.6 Å². The lowest BCUT2D eigenvalue weighted by Gasteiger charge is -2.04. The lowest BCUT2D eigenvalue weighted by atomic mass is 10.2. The zero-order valence-corrected chi connectivity index (χ0v) is 11.9. The van der Waals surface area contributed by atoms with Crippen molar-refractivity contribution >= 4 is 16.9 Å². The number of rotatable bonds is 5. The van der Waals surface area contributed by atoms with E-state index < -0.39 is 0 Å². The number of nitrogen functional groups attached to an aromatic ring is 1. The summed E-state index contributed by atoms with van der Waals surface area (Å²) in [5.74, 6) is 1.63. The number of nitrogens with zero attached hydrogens (tertiary/aromatic N) is 3. The molecule has 0 spiro atoms. The normalized spacial score (nSPS) is 11.1. The number of aryl methyl sites for hydroxylation is 1. The molecule has 0 aliphatic carbocycles. The van der Waals surface area contributed by atoms with Crippen molar-refractivity contribution < 1.29 is 0 Å². The van der Waals surface area contributed by atoms with Crippen molar-refractivity contribution in [1.29, 1.82) is 5.41 Å². The number of nitrogens with one attached hydrogen (secondary N) is 2. The molecule has 0 atom stereocenters. The van der Waals surface area contributed by atoms with Gasteiger partial charge in [-0.15, -0.1) is 0 Å². The van der Waals surface area contributed by atoms with E-state index in [1.807, 2.05) is 18.3 Å². The molecule has 108 valence electrons. The predicted octanol–water partition coefficient (Wildman–Crippen LogP) is 2.51. The fourth-order valence-electron chi connectivity index (χ4n) is 2.32. The first-order valence-corrected chi connectivity index (χ1v) is 7.04. The molecule has 0 radical (unpaired) electrons. The molecule has 0 aliphatic rings. The van der Waals surface area contributed by atoms with Crippen molar-refractivity contribution in [3.63, 3.8) is 0 Å². The molecule has 0 aliphatic heterocycles. The fourth-order valence-corrected chi connectivity index (χ4v) is 2.32. The van der Waals surface area contributed by atoms with Gasteiger partial charge in [0.15, 0.2) is 11.6 Å². The molecule has 0 bridgehead atoms. The third kappa shape index (κ3) is 2.52. The van der Waals surface area contributed by atoms with Gasteiger partial charge in [0.1, 0.15) is 5.84 Å². The lowest BCUT2D eigenvalue weighted by Crippen LogP contribution is -2.10. The Hall–Kier alpha value is -2.63. The lowest BCUT2D eigenvalue weighted by molar-refractivity contribution is 0.635. The minimum Gasteiger partial charge on any atom is -0.384 e. The highest BCUT2D eigenvalue weighted by Crippen LogP contribution is 2.20. The molecule has 6 heteroatoms. The van der Waals surface area contributed by atoms with Crippen LogP contribution in [0.2, 0.25) is 0 Å². The molecule has 2 aromatic heterocycles. The molecular formula is C15H18N6. The Kier molecular flexibility index (Phi) is 3.43. The Bertz CT molecular complexity index is 782. The van der Waals surface area contributed by atoms with Crippen LogP contribution in [-0.2, 0) is 6.54 Å². The largest absolute Gasteiger partial charge is 0.384 e. The quantitative estimate of drug-likeness (QED) is 0.495. The predicted molar refractivity (Wildman–Crippen MR) is 83.2 cm³/mol. The summed E-state index contributed by atoms with van der Waals surface area (Å²) in [5, 5.41) is 7.49. The molecule has 0 amide bonds. The average Bonchev–Trinajstić information content (AvgIpc) is 3.09. The maximum Gasteiger partial charge on any atom is 0.176 e. The van der Waals surface area contributed by atoms with Gasteiger partial charge in [0.2, 0.25) is 0 Å². The SMILES string of the molecule is CCCCn1ccnc1-c1nc2ccc(C(=N)N)cc2[nH]1. The molecular weight excluding hydrogens is 264 g/mol. The molecule has 1 aromatic carbocycles. The molecule has 0 fully saturated rings. The first-order chi connectivity index (χ1) is 10.2. The van der Waals surface area contributed by atoms with Crippen molar-refractivity contribution in [3.05, 3.63) is 36.2 Å². The van der Waals surface area contributed by atoms with E-state index in [0.717, 1.165) is 42.1 Å². The molecule has 2 heterocycles. The summed E-state index contributed by atoms with van der Waals surface area (Å²) in [6.07, 6.45) is 6.01. The molecule has 3 aromatic rings. The van der Waals surface area contributed by atoms with E-state index in [2.05, 4.69) is 26.4 Å². The first-order valence-electron chi connectivity index (χ1n) is 7.04. The van der Waals surface area contributed by atoms with E-state index in [9.17, 15) is 0 Å². The van der Waals surface area contributed by atoms with Gasteiger partial charge in [-0.3, -0.25) is 5.41 Å². The number of hydrogen-bond donors (Lipinski definition) is 3. The smallest absolute Gasteiger partial charge is 0.176 e. The summed E-state index contributed by atoms with van der Waals surface area (Å²) >= 11 is 0. The van der Waals surface area contributed by atoms with Gasteiger partial charge < -0.3 is 15.3 Å². The van der Waals surface area contributed by atoms with Gasteiger partial charge >= 0.3 is 0 Å². The van der Waals surface area contributed by atoms with Gasteiger partial charge in [0, 0.05) is 24.5 Å². The van der Waals surface area contributed by atoms with Crippen LogP contribution in [0.1, 0.15) is 25.3 Å². The summed E-state index contributed by atoms with van der Waals surface area (Å²) in [7, 11) is 0. The monoisotopic (exact) mass is 282 g/mol. The van der Waals surface area contributed by atoms with Crippen LogP contribution in [0.25, 0.3) is 22.7 Å². The van der Waals surface area contributed by atoms with E-state index >= 15 is 0 Å². The van der Waals surface area contributed by atoms with Crippen molar-refractivity contribution in [2.24, 2.45) is 5.73 Å². The summed E-state index contributed by atoms with van der Waals surface area (Å²) in [6, 6.07) is 5.51. The highest BCUT2D eigenvalue weighted by molar-refractivity contribution is 5.98. The topological polar surface area (TPSA) is 96.4 Å². The molecule has 6 nitrogen and oxygen atoms in total. The Morgan fingerprint density at radius 2 is 2.29 bits per heavy atom. The second-order valence-corrected chi connectivity index (χ2v) is 5.03. The van der Waals surface area contributed by atoms with Crippen molar-refractivity contribution in [1.82, 2.24) is 19.5 Å². The van der Waals surface area contributed by atoms with Gasteiger partial charge in [-0.2, -0.15) is 0 Å². The molecule has 3 rings (SSSR count). The van der Waals surface area contributed by atoms with Gasteiger partial charge in [0.25, 0.3) is 0 Å². The Morgan fingerprint density at radius 1 is 1.43 bits per heavy atom. The van der Waals surface area contributed by atoms with E-state index in [0.29, 0.717) is 5.56 Å². The average molecular weight is 282 g/mol. The first kappa shape index (κ1) is 13.4. The third-order valence-electron chi connectivity index (χ3n) is 3.47. The fraction of sp³-hybridized carbons (Fsp3) is 0.267. The number of H-pyrrole nitrogens is 1. The molecule has 0 saturated carbocycles. The van der Waals surface area contributed by atoms with E-state index in [1.165, 1.54) is 0 Å². The van der Waals surface area contributed by atoms with E-state index in [-0.39, 0.29) is 5.84 Å². The minimum absolute atomic E-state index is 0.0532. The number of aromatic nitrogens is 4. The third-order valence-corrected chi connectivity index (χ3v) is 3.47. The molecule has 0 saturated heterocycles. The molecule has 0 unspecified atom stereocenters. The highest BCUT2D eigenvalue weighted by atomic mass is 15.1. The maximum absolute atomic E-state index is 7.49. The van der Waals surface area contributed by atoms with Crippen LogP contribution in [0.5, 0.6) is 0 Å². The number of benzene rings is 1. The number of hydrogen-bond acceptors (Lipinski definition) is 3.